The number of alkyl carbamates (subject to hydrolysis) is 1. The van der Waals surface area contributed by atoms with Crippen molar-refractivity contribution in [3.63, 3.8) is 0 Å². The summed E-state index contributed by atoms with van der Waals surface area (Å²) in [5.41, 5.74) is 6.00. The largest absolute Gasteiger partial charge is 0.481 e. The maximum atomic E-state index is 13.6. The zero-order valence-electron chi connectivity index (χ0n) is 24.8. The molecule has 1 aromatic heterocycles. The Morgan fingerprint density at radius 1 is 0.953 bits per heavy atom. The van der Waals surface area contributed by atoms with Gasteiger partial charge in [-0.05, 0) is 57.8 Å². The van der Waals surface area contributed by atoms with Gasteiger partial charge in [0.1, 0.15) is 29.8 Å². The minimum Gasteiger partial charge on any atom is -0.481 e. The highest BCUT2D eigenvalue weighted by molar-refractivity contribution is 7.98. The molecule has 5 amide bonds. The van der Waals surface area contributed by atoms with Crippen LogP contribution in [0.2, 0.25) is 0 Å². The van der Waals surface area contributed by atoms with Crippen molar-refractivity contribution in [2.45, 2.75) is 76.7 Å². The molecular formula is C28H40N6O8S. The van der Waals surface area contributed by atoms with Crippen LogP contribution in [0, 0.1) is 0 Å². The Morgan fingerprint density at radius 3 is 2.16 bits per heavy atom. The summed E-state index contributed by atoms with van der Waals surface area (Å²) in [4.78, 5) is 78.0. The first-order valence-electron chi connectivity index (χ1n) is 13.6. The molecule has 0 aliphatic rings. The number of hydrogen-bond acceptors (Lipinski definition) is 8. The topological polar surface area (TPSA) is 222 Å². The van der Waals surface area contributed by atoms with Crippen LogP contribution >= 0.6 is 11.8 Å². The molecule has 0 fully saturated rings. The van der Waals surface area contributed by atoms with Gasteiger partial charge < -0.3 is 41.8 Å². The third kappa shape index (κ3) is 11.5. The summed E-state index contributed by atoms with van der Waals surface area (Å²) in [6, 6.07) is 2.46. The predicted octanol–water partition coefficient (Wildman–Crippen LogP) is 0.791. The number of fused-ring (bicyclic) bond motifs is 1. The van der Waals surface area contributed by atoms with Crippen LogP contribution in [0.15, 0.2) is 30.5 Å². The fourth-order valence-electron chi connectivity index (χ4n) is 4.02. The Kier molecular flexibility index (Phi) is 12.8. The first kappa shape index (κ1) is 34.9. The van der Waals surface area contributed by atoms with Gasteiger partial charge in [0, 0.05) is 23.5 Å². The summed E-state index contributed by atoms with van der Waals surface area (Å²) in [5, 5.41) is 19.9. The molecule has 14 nitrogen and oxygen atoms in total. The summed E-state index contributed by atoms with van der Waals surface area (Å²) >= 11 is 1.40. The van der Waals surface area contributed by atoms with E-state index in [1.54, 1.807) is 33.2 Å². The lowest BCUT2D eigenvalue weighted by molar-refractivity contribution is -0.140. The van der Waals surface area contributed by atoms with Crippen molar-refractivity contribution in [2.75, 3.05) is 12.0 Å². The number of nitrogens with one attached hydrogen (secondary N) is 5. The lowest BCUT2D eigenvalue weighted by Gasteiger charge is -2.26. The van der Waals surface area contributed by atoms with E-state index in [0.29, 0.717) is 11.3 Å². The second-order valence-electron chi connectivity index (χ2n) is 10.9. The summed E-state index contributed by atoms with van der Waals surface area (Å²) in [6.07, 6.45) is 2.13. The van der Waals surface area contributed by atoms with E-state index < -0.39 is 71.9 Å². The first-order valence-corrected chi connectivity index (χ1v) is 15.0. The molecule has 0 aliphatic carbocycles. The number of primary amides is 1. The van der Waals surface area contributed by atoms with Crippen molar-refractivity contribution in [3.8, 4) is 0 Å². The number of benzene rings is 1. The average molecular weight is 621 g/mol. The van der Waals surface area contributed by atoms with Gasteiger partial charge in [0.25, 0.3) is 0 Å². The molecule has 8 N–H and O–H groups in total. The molecule has 0 unspecified atom stereocenters. The number of hydrogen-bond donors (Lipinski definition) is 7. The molecule has 0 radical (unpaired) electrons. The monoisotopic (exact) mass is 620 g/mol. The van der Waals surface area contributed by atoms with Gasteiger partial charge in [0.2, 0.25) is 23.6 Å². The number of thioether (sulfide) groups is 1. The second kappa shape index (κ2) is 15.8. The molecule has 1 heterocycles. The molecule has 2 rings (SSSR count). The lowest BCUT2D eigenvalue weighted by atomic mass is 10.0. The van der Waals surface area contributed by atoms with Crippen LogP contribution in [0.3, 0.4) is 0 Å². The van der Waals surface area contributed by atoms with Gasteiger partial charge >= 0.3 is 12.1 Å². The summed E-state index contributed by atoms with van der Waals surface area (Å²) in [5.74, 6) is -4.13. The van der Waals surface area contributed by atoms with E-state index in [9.17, 15) is 28.8 Å². The molecule has 4 atom stereocenters. The number of rotatable bonds is 15. The molecule has 0 saturated carbocycles. The third-order valence-corrected chi connectivity index (χ3v) is 6.78. The first-order chi connectivity index (χ1) is 20.1. The van der Waals surface area contributed by atoms with Gasteiger partial charge in [-0.1, -0.05) is 18.2 Å². The molecule has 0 aliphatic heterocycles. The molecule has 2 aromatic rings. The van der Waals surface area contributed by atoms with Crippen LogP contribution < -0.4 is 27.0 Å². The number of aliphatic carboxylic acids is 1. The van der Waals surface area contributed by atoms with Gasteiger partial charge in [0.15, 0.2) is 0 Å². The number of carboxylic acids is 1. The van der Waals surface area contributed by atoms with Gasteiger partial charge in [-0.25, -0.2) is 4.79 Å². The highest BCUT2D eigenvalue weighted by atomic mass is 32.2. The Balaban J connectivity index is 2.30. The molecule has 236 valence electrons. The zero-order chi connectivity index (χ0) is 32.3. The van der Waals surface area contributed by atoms with Crippen molar-refractivity contribution in [1.82, 2.24) is 26.3 Å². The number of amides is 5. The van der Waals surface area contributed by atoms with Gasteiger partial charge in [-0.15, -0.1) is 0 Å². The van der Waals surface area contributed by atoms with Crippen molar-refractivity contribution in [1.29, 1.82) is 0 Å². The number of carbonyl (C=O) groups is 6. The van der Waals surface area contributed by atoms with Gasteiger partial charge in [-0.2, -0.15) is 11.8 Å². The number of nitrogens with two attached hydrogens (primary N) is 1. The smallest absolute Gasteiger partial charge is 0.408 e. The van der Waals surface area contributed by atoms with Crippen LogP contribution in [0.25, 0.3) is 10.9 Å². The standard InChI is InChI=1S/C28H40N6O8S/c1-15(31-27(41)42-28(2,3)4)24(38)34-21(12-16-14-30-18-9-7-6-8-17(16)18)26(40)32-19(10-11-43-5)25(39)33-20(23(29)37)13-22(35)36/h6-9,14-15,19-21,30H,10-13H2,1-5H3,(H2,29,37)(H,31,41)(H,32,40)(H,33,39)(H,34,38)(H,35,36)/t15-,19-,20-,21-/m0/s1. The van der Waals surface area contributed by atoms with Crippen molar-refractivity contribution >= 4 is 58.4 Å². The fraction of sp³-hybridized carbons (Fsp3) is 0.500. The van der Waals surface area contributed by atoms with E-state index in [1.165, 1.54) is 18.7 Å². The number of carbonyl (C=O) groups excluding carboxylic acids is 5. The lowest BCUT2D eigenvalue weighted by Crippen LogP contribution is -2.58. The Labute approximate surface area is 253 Å². The van der Waals surface area contributed by atoms with Crippen LogP contribution in [0.5, 0.6) is 0 Å². The number of para-hydroxylation sites is 1. The molecular weight excluding hydrogens is 580 g/mol. The number of aromatic amines is 1. The summed E-state index contributed by atoms with van der Waals surface area (Å²) in [7, 11) is 0. The average Bonchev–Trinajstić information content (AvgIpc) is 3.31. The number of aromatic nitrogens is 1. The third-order valence-electron chi connectivity index (χ3n) is 6.14. The number of carboxylic acid groups (broad SMARTS) is 1. The molecule has 15 heteroatoms. The second-order valence-corrected chi connectivity index (χ2v) is 11.9. The van der Waals surface area contributed by atoms with E-state index in [1.807, 2.05) is 24.3 Å². The number of H-pyrrole nitrogens is 1. The van der Waals surface area contributed by atoms with E-state index in [4.69, 9.17) is 15.6 Å². The van der Waals surface area contributed by atoms with Crippen LogP contribution in [0.4, 0.5) is 4.79 Å². The maximum absolute atomic E-state index is 13.6. The van der Waals surface area contributed by atoms with E-state index >= 15 is 0 Å². The maximum Gasteiger partial charge on any atom is 0.408 e. The normalized spacial score (nSPS) is 14.1. The van der Waals surface area contributed by atoms with Crippen molar-refractivity contribution in [2.24, 2.45) is 5.73 Å². The molecule has 43 heavy (non-hydrogen) atoms. The Hall–Kier alpha value is -4.27. The van der Waals surface area contributed by atoms with Crippen molar-refractivity contribution in [3.05, 3.63) is 36.0 Å². The van der Waals surface area contributed by atoms with E-state index in [-0.39, 0.29) is 12.8 Å². The highest BCUT2D eigenvalue weighted by Crippen LogP contribution is 2.19. The Bertz CT molecular complexity index is 1320. The fourth-order valence-corrected chi connectivity index (χ4v) is 4.49. The SMILES string of the molecule is CSCC[C@H](NC(=O)[C@H](Cc1c[nH]c2ccccc12)NC(=O)[C@H](C)NC(=O)OC(C)(C)C)C(=O)N[C@@H](CC(=O)O)C(N)=O. The minimum atomic E-state index is -1.49. The zero-order valence-corrected chi connectivity index (χ0v) is 25.6. The van der Waals surface area contributed by atoms with E-state index in [2.05, 4.69) is 26.3 Å². The Morgan fingerprint density at radius 2 is 1.56 bits per heavy atom. The highest BCUT2D eigenvalue weighted by Gasteiger charge is 2.31. The molecule has 0 bridgehead atoms. The van der Waals surface area contributed by atoms with Gasteiger partial charge in [0.05, 0.1) is 6.42 Å². The minimum absolute atomic E-state index is 0.0283. The van der Waals surface area contributed by atoms with Crippen LogP contribution in [-0.4, -0.2) is 87.6 Å². The van der Waals surface area contributed by atoms with E-state index in [0.717, 1.165) is 10.9 Å². The van der Waals surface area contributed by atoms with Crippen LogP contribution in [-0.2, 0) is 35.1 Å². The molecule has 0 spiro atoms. The van der Waals surface area contributed by atoms with Gasteiger partial charge in [-0.3, -0.25) is 24.0 Å². The molecule has 1 aromatic carbocycles. The summed E-state index contributed by atoms with van der Waals surface area (Å²) in [6.45, 7) is 6.46. The predicted molar refractivity (Wildman–Crippen MR) is 161 cm³/mol. The van der Waals surface area contributed by atoms with Crippen LogP contribution in [0.1, 0.15) is 46.1 Å². The summed E-state index contributed by atoms with van der Waals surface area (Å²) < 4.78 is 5.20. The molecule has 0 saturated heterocycles. The van der Waals surface area contributed by atoms with Crippen molar-refractivity contribution < 1.29 is 38.6 Å². The quantitative estimate of drug-likeness (QED) is 0.149. The number of ether oxygens (including phenoxy) is 1.